The van der Waals surface area contributed by atoms with E-state index in [1.807, 2.05) is 5.43 Å². The summed E-state index contributed by atoms with van der Waals surface area (Å²) in [4.78, 5) is 18.8. The Hall–Kier alpha value is -0.620. The predicted molar refractivity (Wildman–Crippen MR) is 57.7 cm³/mol. The van der Waals surface area contributed by atoms with Gasteiger partial charge >= 0.3 is 0 Å². The summed E-state index contributed by atoms with van der Waals surface area (Å²) in [6.07, 6.45) is 1.25. The van der Waals surface area contributed by atoms with Crippen LogP contribution in [0.4, 0.5) is 0 Å². The Morgan fingerprint density at radius 3 is 2.53 bits per heavy atom. The molecule has 0 unspecified atom stereocenters. The van der Waals surface area contributed by atoms with E-state index in [0.29, 0.717) is 5.69 Å². The number of nitrogen functional groups attached to an aromatic ring is 1. The Labute approximate surface area is 101 Å². The molecule has 0 saturated heterocycles. The van der Waals surface area contributed by atoms with E-state index in [1.165, 1.54) is 6.20 Å². The van der Waals surface area contributed by atoms with E-state index in [1.54, 1.807) is 6.92 Å². The van der Waals surface area contributed by atoms with Crippen molar-refractivity contribution in [1.29, 1.82) is 0 Å². The normalized spacial score (nSPS) is 11.3. The molecule has 0 atom stereocenters. The largest absolute Gasteiger partial charge is 0.290 e. The van der Waals surface area contributed by atoms with Crippen LogP contribution in [0.1, 0.15) is 21.9 Å². The third-order valence-corrected chi connectivity index (χ3v) is 2.12. The van der Waals surface area contributed by atoms with Gasteiger partial charge in [0.1, 0.15) is 0 Å². The van der Waals surface area contributed by atoms with Crippen molar-refractivity contribution in [1.82, 2.24) is 15.4 Å². The van der Waals surface area contributed by atoms with Gasteiger partial charge in [0.15, 0.2) is 5.82 Å². The van der Waals surface area contributed by atoms with Crippen LogP contribution in [-0.2, 0) is 3.79 Å². The Bertz CT molecular complexity index is 390. The third-order valence-electron chi connectivity index (χ3n) is 1.61. The number of nitrogens with two attached hydrogens (primary N) is 1. The fourth-order valence-corrected chi connectivity index (χ4v) is 1.18. The number of hydrogen-bond donors (Lipinski definition) is 2. The summed E-state index contributed by atoms with van der Waals surface area (Å²) in [6, 6.07) is 0. The van der Waals surface area contributed by atoms with Crippen LogP contribution in [-0.4, -0.2) is 15.9 Å². The number of amides is 1. The van der Waals surface area contributed by atoms with Crippen molar-refractivity contribution < 1.29 is 4.79 Å². The lowest BCUT2D eigenvalue weighted by atomic mass is 10.2. The minimum absolute atomic E-state index is 0.0126. The molecule has 1 aromatic heterocycles. The molecule has 3 N–H and O–H groups in total. The highest BCUT2D eigenvalue weighted by molar-refractivity contribution is 6.66. The Kier molecular flexibility index (Phi) is 3.72. The molecule has 5 nitrogen and oxygen atoms in total. The fraction of sp³-hybridized carbons (Fsp3) is 0.286. The summed E-state index contributed by atoms with van der Waals surface area (Å²) in [5.74, 6) is 4.48. The van der Waals surface area contributed by atoms with E-state index >= 15 is 0 Å². The molecule has 1 amide bonds. The molecule has 82 valence electrons. The topological polar surface area (TPSA) is 80.9 Å². The molecule has 0 spiro atoms. The summed E-state index contributed by atoms with van der Waals surface area (Å²) in [6.45, 7) is 1.59. The van der Waals surface area contributed by atoms with Crippen LogP contribution in [0.2, 0.25) is 0 Å². The fourth-order valence-electron chi connectivity index (χ4n) is 0.904. The highest BCUT2D eigenvalue weighted by atomic mass is 35.6. The minimum atomic E-state index is -1.71. The zero-order valence-corrected chi connectivity index (χ0v) is 9.86. The predicted octanol–water partition coefficient (Wildman–Crippen LogP) is 1.22. The minimum Gasteiger partial charge on any atom is -0.290 e. The molecular formula is C7H7Cl3N4O. The summed E-state index contributed by atoms with van der Waals surface area (Å²) >= 11 is 16.7. The molecule has 0 fully saturated rings. The van der Waals surface area contributed by atoms with E-state index in [9.17, 15) is 4.79 Å². The van der Waals surface area contributed by atoms with Crippen LogP contribution >= 0.6 is 34.8 Å². The van der Waals surface area contributed by atoms with Crippen LogP contribution in [0.25, 0.3) is 0 Å². The van der Waals surface area contributed by atoms with Gasteiger partial charge in [0.25, 0.3) is 5.91 Å². The maximum atomic E-state index is 11.2. The van der Waals surface area contributed by atoms with Gasteiger partial charge in [0, 0.05) is 6.20 Å². The zero-order valence-electron chi connectivity index (χ0n) is 7.59. The maximum Gasteiger partial charge on any atom is 0.268 e. The number of alkyl halides is 3. The van der Waals surface area contributed by atoms with Crippen LogP contribution in [0.3, 0.4) is 0 Å². The molecule has 0 aliphatic heterocycles. The van der Waals surface area contributed by atoms with Crippen molar-refractivity contribution in [2.45, 2.75) is 10.7 Å². The second kappa shape index (κ2) is 4.49. The number of nitrogens with zero attached hydrogens (tertiary/aromatic N) is 2. The molecular weight excluding hydrogens is 262 g/mol. The first kappa shape index (κ1) is 12.4. The lowest BCUT2D eigenvalue weighted by Crippen LogP contribution is -2.31. The van der Waals surface area contributed by atoms with Crippen molar-refractivity contribution >= 4 is 40.7 Å². The highest BCUT2D eigenvalue weighted by Crippen LogP contribution is 2.35. The molecule has 15 heavy (non-hydrogen) atoms. The van der Waals surface area contributed by atoms with Crippen molar-refractivity contribution in [3.8, 4) is 0 Å². The molecule has 0 aliphatic carbocycles. The molecule has 1 rings (SSSR count). The number of carbonyl (C=O) groups excluding carboxylic acids is 1. The van der Waals surface area contributed by atoms with Gasteiger partial charge in [-0.25, -0.2) is 15.8 Å². The molecule has 0 aliphatic rings. The first-order valence-corrected chi connectivity index (χ1v) is 4.91. The summed E-state index contributed by atoms with van der Waals surface area (Å²) in [7, 11) is 0. The number of carbonyl (C=O) groups is 1. The second-order valence-corrected chi connectivity index (χ2v) is 4.95. The van der Waals surface area contributed by atoms with E-state index in [4.69, 9.17) is 40.6 Å². The van der Waals surface area contributed by atoms with E-state index in [-0.39, 0.29) is 11.4 Å². The standard InChI is InChI=1S/C7H7Cl3N4O/c1-3-4(5(15)14-11)2-12-6(13-3)7(8,9)10/h2H,11H2,1H3,(H,14,15). The van der Waals surface area contributed by atoms with Crippen LogP contribution < -0.4 is 11.3 Å². The Balaban J connectivity index is 3.15. The summed E-state index contributed by atoms with van der Waals surface area (Å²) in [5, 5.41) is 0. The van der Waals surface area contributed by atoms with Gasteiger partial charge < -0.3 is 0 Å². The monoisotopic (exact) mass is 268 g/mol. The quantitative estimate of drug-likeness (QED) is 0.348. The summed E-state index contributed by atoms with van der Waals surface area (Å²) < 4.78 is -1.71. The number of aryl methyl sites for hydroxylation is 1. The first-order chi connectivity index (χ1) is 6.86. The Morgan fingerprint density at radius 2 is 2.13 bits per heavy atom. The van der Waals surface area contributed by atoms with Gasteiger partial charge in [-0.1, -0.05) is 34.8 Å². The van der Waals surface area contributed by atoms with Crippen molar-refractivity contribution in [3.05, 3.63) is 23.3 Å². The van der Waals surface area contributed by atoms with Crippen LogP contribution in [0.15, 0.2) is 6.20 Å². The summed E-state index contributed by atoms with van der Waals surface area (Å²) in [5.41, 5.74) is 2.58. The van der Waals surface area contributed by atoms with Crippen molar-refractivity contribution in [3.63, 3.8) is 0 Å². The lowest BCUT2D eigenvalue weighted by Gasteiger charge is -2.10. The molecule has 0 bridgehead atoms. The third kappa shape index (κ3) is 2.92. The van der Waals surface area contributed by atoms with Crippen LogP contribution in [0, 0.1) is 6.92 Å². The number of aromatic nitrogens is 2. The molecule has 0 radical (unpaired) electrons. The number of nitrogens with one attached hydrogen (secondary N) is 1. The van der Waals surface area contributed by atoms with Crippen molar-refractivity contribution in [2.24, 2.45) is 5.84 Å². The Morgan fingerprint density at radius 1 is 1.53 bits per heavy atom. The average molecular weight is 270 g/mol. The molecule has 8 heteroatoms. The van der Waals surface area contributed by atoms with E-state index in [2.05, 4.69) is 9.97 Å². The number of hydrazine groups is 1. The molecule has 0 aromatic carbocycles. The molecule has 0 saturated carbocycles. The average Bonchev–Trinajstić information content (AvgIpc) is 2.15. The highest BCUT2D eigenvalue weighted by Gasteiger charge is 2.27. The first-order valence-electron chi connectivity index (χ1n) is 3.78. The number of hydrogen-bond acceptors (Lipinski definition) is 4. The van der Waals surface area contributed by atoms with Gasteiger partial charge in [-0.15, -0.1) is 0 Å². The van der Waals surface area contributed by atoms with Gasteiger partial charge in [0.05, 0.1) is 11.3 Å². The van der Waals surface area contributed by atoms with Gasteiger partial charge in [-0.2, -0.15) is 0 Å². The van der Waals surface area contributed by atoms with E-state index < -0.39 is 9.70 Å². The van der Waals surface area contributed by atoms with Gasteiger partial charge in [0.2, 0.25) is 3.79 Å². The van der Waals surface area contributed by atoms with Crippen molar-refractivity contribution in [2.75, 3.05) is 0 Å². The molecule has 1 aromatic rings. The number of rotatable bonds is 1. The van der Waals surface area contributed by atoms with E-state index in [0.717, 1.165) is 0 Å². The van der Waals surface area contributed by atoms with Crippen LogP contribution in [0.5, 0.6) is 0 Å². The lowest BCUT2D eigenvalue weighted by molar-refractivity contribution is 0.0952. The maximum absolute atomic E-state index is 11.2. The zero-order chi connectivity index (χ0) is 11.6. The second-order valence-electron chi connectivity index (χ2n) is 2.66. The smallest absolute Gasteiger partial charge is 0.268 e. The van der Waals surface area contributed by atoms with Gasteiger partial charge in [-0.05, 0) is 6.92 Å². The molecule has 1 heterocycles. The van der Waals surface area contributed by atoms with Gasteiger partial charge in [-0.3, -0.25) is 10.2 Å². The SMILES string of the molecule is Cc1nc(C(Cl)(Cl)Cl)ncc1C(=O)NN. The number of halogens is 3.